The zero-order valence-corrected chi connectivity index (χ0v) is 10.9. The number of halogens is 1. The van der Waals surface area contributed by atoms with Gasteiger partial charge in [-0.3, -0.25) is 24.5 Å². The Morgan fingerprint density at radius 2 is 2.05 bits per heavy atom. The number of nitrogens with zero attached hydrogens (tertiary/aromatic N) is 5. The van der Waals surface area contributed by atoms with Crippen LogP contribution in [0.15, 0.2) is 28.2 Å². The summed E-state index contributed by atoms with van der Waals surface area (Å²) in [6, 6.07) is 0. The van der Waals surface area contributed by atoms with Crippen LogP contribution in [0.4, 0.5) is 5.69 Å². The number of hydrogen-bond acceptors (Lipinski definition) is 6. The SMILES string of the molecule is Cn1cc([N+](=O)[O-])c(=O)n(Cc2cnc(Cl)cn2)c1=O. The van der Waals surface area contributed by atoms with Gasteiger partial charge < -0.3 is 0 Å². The molecule has 0 aliphatic heterocycles. The van der Waals surface area contributed by atoms with Crippen molar-refractivity contribution in [3.63, 3.8) is 0 Å². The largest absolute Gasteiger partial charge is 0.350 e. The van der Waals surface area contributed by atoms with Crippen LogP contribution in [-0.4, -0.2) is 24.0 Å². The van der Waals surface area contributed by atoms with E-state index in [4.69, 9.17) is 11.6 Å². The predicted molar refractivity (Wildman–Crippen MR) is 68.7 cm³/mol. The van der Waals surface area contributed by atoms with Crippen molar-refractivity contribution in [3.8, 4) is 0 Å². The summed E-state index contributed by atoms with van der Waals surface area (Å²) in [7, 11) is 1.32. The van der Waals surface area contributed by atoms with E-state index in [1.54, 1.807) is 0 Å². The lowest BCUT2D eigenvalue weighted by Crippen LogP contribution is -2.39. The number of hydrogen-bond donors (Lipinski definition) is 0. The zero-order chi connectivity index (χ0) is 14.9. The number of nitro groups is 1. The quantitative estimate of drug-likeness (QED) is 0.579. The molecule has 0 spiro atoms. The van der Waals surface area contributed by atoms with Gasteiger partial charge >= 0.3 is 16.9 Å². The summed E-state index contributed by atoms with van der Waals surface area (Å²) in [6.07, 6.45) is 3.42. The molecule has 0 radical (unpaired) electrons. The van der Waals surface area contributed by atoms with E-state index in [1.165, 1.54) is 19.4 Å². The van der Waals surface area contributed by atoms with E-state index in [2.05, 4.69) is 9.97 Å². The van der Waals surface area contributed by atoms with Crippen molar-refractivity contribution in [1.29, 1.82) is 0 Å². The van der Waals surface area contributed by atoms with Gasteiger partial charge in [0, 0.05) is 7.05 Å². The van der Waals surface area contributed by atoms with Gasteiger partial charge in [-0.25, -0.2) is 14.3 Å². The normalized spacial score (nSPS) is 10.5. The Labute approximate surface area is 116 Å². The molecule has 0 aliphatic rings. The van der Waals surface area contributed by atoms with Gasteiger partial charge in [-0.2, -0.15) is 0 Å². The molecule has 0 bridgehead atoms. The molecule has 0 atom stereocenters. The van der Waals surface area contributed by atoms with E-state index in [0.29, 0.717) is 0 Å². The molecule has 0 saturated carbocycles. The van der Waals surface area contributed by atoms with Gasteiger partial charge in [0.1, 0.15) is 5.15 Å². The Bertz CT molecular complexity index is 780. The van der Waals surface area contributed by atoms with Crippen molar-refractivity contribution in [1.82, 2.24) is 19.1 Å². The summed E-state index contributed by atoms with van der Waals surface area (Å²) in [5, 5.41) is 10.9. The summed E-state index contributed by atoms with van der Waals surface area (Å²) in [6.45, 7) is -0.225. The Morgan fingerprint density at radius 3 is 2.60 bits per heavy atom. The van der Waals surface area contributed by atoms with Gasteiger partial charge in [0.15, 0.2) is 0 Å². The Balaban J connectivity index is 2.56. The Kier molecular flexibility index (Phi) is 3.61. The van der Waals surface area contributed by atoms with Gasteiger partial charge in [0.2, 0.25) is 0 Å². The summed E-state index contributed by atoms with van der Waals surface area (Å²) < 4.78 is 1.68. The maximum Gasteiger partial charge on any atom is 0.350 e. The van der Waals surface area contributed by atoms with Crippen LogP contribution < -0.4 is 11.2 Å². The molecule has 0 aliphatic carbocycles. The van der Waals surface area contributed by atoms with Crippen molar-refractivity contribution < 1.29 is 4.92 Å². The van der Waals surface area contributed by atoms with Crippen LogP contribution in [0.1, 0.15) is 5.69 Å². The first-order valence-corrected chi connectivity index (χ1v) is 5.69. The van der Waals surface area contributed by atoms with Crippen molar-refractivity contribution in [3.05, 3.63) is 60.4 Å². The molecule has 0 aromatic carbocycles. The summed E-state index contributed by atoms with van der Waals surface area (Å²) in [4.78, 5) is 41.3. The molecule has 2 heterocycles. The van der Waals surface area contributed by atoms with E-state index < -0.39 is 21.9 Å². The molecule has 0 N–H and O–H groups in total. The second-order valence-corrected chi connectivity index (χ2v) is 4.27. The lowest BCUT2D eigenvalue weighted by Gasteiger charge is -2.06. The van der Waals surface area contributed by atoms with Gasteiger partial charge in [-0.15, -0.1) is 0 Å². The third-order valence-corrected chi connectivity index (χ3v) is 2.70. The van der Waals surface area contributed by atoms with Crippen molar-refractivity contribution >= 4 is 17.3 Å². The van der Waals surface area contributed by atoms with Gasteiger partial charge in [0.05, 0.1) is 35.8 Å². The monoisotopic (exact) mass is 297 g/mol. The minimum atomic E-state index is -0.991. The third-order valence-electron chi connectivity index (χ3n) is 2.50. The molecule has 10 heteroatoms. The average molecular weight is 298 g/mol. The molecule has 104 valence electrons. The van der Waals surface area contributed by atoms with E-state index in [9.17, 15) is 19.7 Å². The average Bonchev–Trinajstić information content (AvgIpc) is 2.40. The second kappa shape index (κ2) is 5.21. The first-order chi connectivity index (χ1) is 9.40. The Hall–Kier alpha value is -2.55. The first-order valence-electron chi connectivity index (χ1n) is 5.31. The van der Waals surface area contributed by atoms with Gasteiger partial charge in [-0.05, 0) is 0 Å². The van der Waals surface area contributed by atoms with E-state index >= 15 is 0 Å². The maximum atomic E-state index is 11.9. The fourth-order valence-corrected chi connectivity index (χ4v) is 1.65. The molecular weight excluding hydrogens is 290 g/mol. The molecule has 0 fully saturated rings. The highest BCUT2D eigenvalue weighted by molar-refractivity contribution is 6.29. The molecule has 2 aromatic heterocycles. The standard InChI is InChI=1S/C10H8ClN5O4/c1-14-5-7(16(19)20)9(17)15(10(14)18)4-6-2-13-8(11)3-12-6/h2-3,5H,4H2,1H3. The van der Waals surface area contributed by atoms with Crippen LogP contribution >= 0.6 is 11.6 Å². The summed E-state index contributed by atoms with van der Waals surface area (Å²) >= 11 is 5.57. The fraction of sp³-hybridized carbons (Fsp3) is 0.200. The lowest BCUT2D eigenvalue weighted by molar-refractivity contribution is -0.387. The Morgan fingerprint density at radius 1 is 1.35 bits per heavy atom. The van der Waals surface area contributed by atoms with Crippen LogP contribution in [0, 0.1) is 10.1 Å². The van der Waals surface area contributed by atoms with Gasteiger partial charge in [0.25, 0.3) is 0 Å². The van der Waals surface area contributed by atoms with Crippen molar-refractivity contribution in [2.45, 2.75) is 6.54 Å². The molecule has 2 aromatic rings. The molecule has 0 unspecified atom stereocenters. The van der Waals surface area contributed by atoms with Crippen molar-refractivity contribution in [2.75, 3.05) is 0 Å². The lowest BCUT2D eigenvalue weighted by atomic mass is 10.4. The third kappa shape index (κ3) is 2.57. The van der Waals surface area contributed by atoms with E-state index in [1.807, 2.05) is 0 Å². The second-order valence-electron chi connectivity index (χ2n) is 3.89. The zero-order valence-electron chi connectivity index (χ0n) is 10.2. The number of aromatic nitrogens is 4. The minimum Gasteiger partial charge on any atom is -0.297 e. The fourth-order valence-electron chi connectivity index (χ4n) is 1.56. The predicted octanol–water partition coefficient (Wildman–Crippen LogP) is -0.0531. The molecular formula is C10H8ClN5O4. The van der Waals surface area contributed by atoms with E-state index in [0.717, 1.165) is 15.3 Å². The van der Waals surface area contributed by atoms with Crippen LogP contribution in [-0.2, 0) is 13.6 Å². The molecule has 9 nitrogen and oxygen atoms in total. The summed E-state index contributed by atoms with van der Waals surface area (Å²) in [5.41, 5.74) is -2.07. The number of rotatable bonds is 3. The smallest absolute Gasteiger partial charge is 0.297 e. The van der Waals surface area contributed by atoms with Crippen LogP contribution in [0.2, 0.25) is 5.15 Å². The van der Waals surface area contributed by atoms with Crippen LogP contribution in [0.3, 0.4) is 0 Å². The molecule has 20 heavy (non-hydrogen) atoms. The minimum absolute atomic E-state index is 0.160. The maximum absolute atomic E-state index is 11.9. The van der Waals surface area contributed by atoms with Crippen molar-refractivity contribution in [2.24, 2.45) is 7.05 Å². The highest BCUT2D eigenvalue weighted by atomic mass is 35.5. The molecule has 0 saturated heterocycles. The van der Waals surface area contributed by atoms with Gasteiger partial charge in [-0.1, -0.05) is 11.6 Å². The van der Waals surface area contributed by atoms with Crippen LogP contribution in [0.5, 0.6) is 0 Å². The highest BCUT2D eigenvalue weighted by Gasteiger charge is 2.19. The highest BCUT2D eigenvalue weighted by Crippen LogP contribution is 2.03. The number of aryl methyl sites for hydroxylation is 1. The topological polar surface area (TPSA) is 113 Å². The van der Waals surface area contributed by atoms with Crippen LogP contribution in [0.25, 0.3) is 0 Å². The summed E-state index contributed by atoms with van der Waals surface area (Å²) in [5.74, 6) is 0. The van der Waals surface area contributed by atoms with E-state index in [-0.39, 0.29) is 17.4 Å². The molecule has 0 amide bonds. The first kappa shape index (κ1) is 13.9. The molecule has 2 rings (SSSR count).